The summed E-state index contributed by atoms with van der Waals surface area (Å²) >= 11 is 0. The fourth-order valence-corrected chi connectivity index (χ4v) is 2.92. The number of rotatable bonds is 6. The molecule has 3 nitrogen and oxygen atoms in total. The van der Waals surface area contributed by atoms with E-state index in [0.29, 0.717) is 6.54 Å². The van der Waals surface area contributed by atoms with Crippen molar-refractivity contribution in [1.82, 2.24) is 5.32 Å². The van der Waals surface area contributed by atoms with Crippen LogP contribution in [0.2, 0.25) is 0 Å². The van der Waals surface area contributed by atoms with Crippen LogP contribution in [0, 0.1) is 5.92 Å². The Morgan fingerprint density at radius 2 is 2.05 bits per heavy atom. The van der Waals surface area contributed by atoms with Crippen LogP contribution in [0.15, 0.2) is 24.3 Å². The van der Waals surface area contributed by atoms with Gasteiger partial charge >= 0.3 is 0 Å². The minimum atomic E-state index is -0.515. The third kappa shape index (κ3) is 5.33. The second-order valence-corrected chi connectivity index (χ2v) is 6.82. The largest absolute Gasteiger partial charge is 0.491 e. The van der Waals surface area contributed by atoms with E-state index in [1.54, 1.807) is 0 Å². The smallest absolute Gasteiger partial charge is 0.120 e. The van der Waals surface area contributed by atoms with Crippen LogP contribution >= 0.6 is 0 Å². The Morgan fingerprint density at radius 1 is 1.33 bits per heavy atom. The van der Waals surface area contributed by atoms with E-state index in [2.05, 4.69) is 24.4 Å². The Balaban J connectivity index is 1.80. The molecule has 1 fully saturated rings. The quantitative estimate of drug-likeness (QED) is 0.843. The van der Waals surface area contributed by atoms with E-state index in [9.17, 15) is 5.11 Å². The fraction of sp³-hybridized carbons (Fsp3) is 0.667. The molecule has 118 valence electrons. The monoisotopic (exact) mass is 291 g/mol. The van der Waals surface area contributed by atoms with Gasteiger partial charge in [0.05, 0.1) is 11.7 Å². The maximum atomic E-state index is 10.6. The molecule has 0 aliphatic heterocycles. The van der Waals surface area contributed by atoms with E-state index in [1.807, 2.05) is 26.0 Å². The van der Waals surface area contributed by atoms with Gasteiger partial charge in [0.2, 0.25) is 0 Å². The first-order valence-electron chi connectivity index (χ1n) is 8.15. The molecule has 0 heterocycles. The lowest BCUT2D eigenvalue weighted by molar-refractivity contribution is -0.00630. The van der Waals surface area contributed by atoms with Crippen LogP contribution in [-0.4, -0.2) is 23.4 Å². The highest BCUT2D eigenvalue weighted by atomic mass is 16.5. The molecule has 3 heteroatoms. The van der Waals surface area contributed by atoms with Gasteiger partial charge in [-0.1, -0.05) is 19.1 Å². The number of aliphatic hydroxyl groups is 1. The van der Waals surface area contributed by atoms with Gasteiger partial charge in [0.15, 0.2) is 0 Å². The van der Waals surface area contributed by atoms with Crippen LogP contribution in [0.25, 0.3) is 0 Å². The number of hydrogen-bond donors (Lipinski definition) is 2. The minimum Gasteiger partial charge on any atom is -0.491 e. The first-order chi connectivity index (χ1) is 9.97. The zero-order valence-corrected chi connectivity index (χ0v) is 13.6. The topological polar surface area (TPSA) is 41.5 Å². The molecule has 0 saturated heterocycles. The van der Waals surface area contributed by atoms with Gasteiger partial charge in [-0.25, -0.2) is 0 Å². The van der Waals surface area contributed by atoms with Crippen molar-refractivity contribution < 1.29 is 9.84 Å². The van der Waals surface area contributed by atoms with E-state index in [4.69, 9.17) is 4.74 Å². The molecule has 2 N–H and O–H groups in total. The Hall–Kier alpha value is -1.06. The lowest BCUT2D eigenvalue weighted by Crippen LogP contribution is -2.43. The predicted octanol–water partition coefficient (Wildman–Crippen LogP) is 3.50. The van der Waals surface area contributed by atoms with Crippen LogP contribution in [-0.2, 0) is 6.54 Å². The van der Waals surface area contributed by atoms with Crippen LogP contribution in [0.1, 0.15) is 52.0 Å². The van der Waals surface area contributed by atoms with E-state index in [-0.39, 0.29) is 6.10 Å². The second-order valence-electron chi connectivity index (χ2n) is 6.82. The minimum absolute atomic E-state index is 0.193. The molecular formula is C18H29NO2. The van der Waals surface area contributed by atoms with Crippen molar-refractivity contribution in [2.45, 2.75) is 64.7 Å². The van der Waals surface area contributed by atoms with Gasteiger partial charge in [0, 0.05) is 13.1 Å². The first-order valence-corrected chi connectivity index (χ1v) is 8.15. The average molecular weight is 291 g/mol. The molecule has 1 aliphatic carbocycles. The number of hydrogen-bond acceptors (Lipinski definition) is 3. The highest BCUT2D eigenvalue weighted by molar-refractivity contribution is 5.28. The Morgan fingerprint density at radius 3 is 2.71 bits per heavy atom. The normalized spacial score (nSPS) is 26.0. The lowest BCUT2D eigenvalue weighted by atomic mass is 9.79. The van der Waals surface area contributed by atoms with Crippen LogP contribution in [0.4, 0.5) is 0 Å². The number of nitrogens with one attached hydrogen (secondary N) is 1. The zero-order chi connectivity index (χ0) is 15.3. The zero-order valence-electron chi connectivity index (χ0n) is 13.6. The highest BCUT2D eigenvalue weighted by Gasteiger charge is 2.31. The van der Waals surface area contributed by atoms with E-state index < -0.39 is 5.60 Å². The maximum absolute atomic E-state index is 10.6. The SMILES string of the molecule is CC1CCC(O)(CNCc2cccc(OC(C)C)c2)CC1. The first kappa shape index (κ1) is 16.3. The molecule has 0 atom stereocenters. The molecule has 2 rings (SSSR count). The summed E-state index contributed by atoms with van der Waals surface area (Å²) in [6.45, 7) is 7.78. The summed E-state index contributed by atoms with van der Waals surface area (Å²) in [4.78, 5) is 0. The summed E-state index contributed by atoms with van der Waals surface area (Å²) in [7, 11) is 0. The molecule has 0 radical (unpaired) electrons. The van der Waals surface area contributed by atoms with Gasteiger partial charge in [-0.05, 0) is 63.1 Å². The predicted molar refractivity (Wildman–Crippen MR) is 86.5 cm³/mol. The molecule has 1 aromatic carbocycles. The second kappa shape index (κ2) is 7.28. The van der Waals surface area contributed by atoms with Gasteiger partial charge < -0.3 is 15.2 Å². The van der Waals surface area contributed by atoms with E-state index in [1.165, 1.54) is 5.56 Å². The summed E-state index contributed by atoms with van der Waals surface area (Å²) in [6.07, 6.45) is 4.29. The van der Waals surface area contributed by atoms with E-state index in [0.717, 1.165) is 43.9 Å². The van der Waals surface area contributed by atoms with Crippen molar-refractivity contribution in [3.8, 4) is 5.75 Å². The molecule has 0 amide bonds. The molecule has 1 aromatic rings. The van der Waals surface area contributed by atoms with Crippen molar-refractivity contribution in [2.24, 2.45) is 5.92 Å². The van der Waals surface area contributed by atoms with Crippen LogP contribution in [0.3, 0.4) is 0 Å². The Bertz CT molecular complexity index is 437. The van der Waals surface area contributed by atoms with Gasteiger partial charge in [-0.3, -0.25) is 0 Å². The van der Waals surface area contributed by atoms with Crippen molar-refractivity contribution in [1.29, 1.82) is 0 Å². The fourth-order valence-electron chi connectivity index (χ4n) is 2.92. The summed E-state index contributed by atoms with van der Waals surface area (Å²) in [5.74, 6) is 1.67. The van der Waals surface area contributed by atoms with Crippen LogP contribution < -0.4 is 10.1 Å². The Labute approximate surface area is 128 Å². The Kier molecular flexibility index (Phi) is 5.65. The molecule has 0 unspecified atom stereocenters. The number of benzene rings is 1. The van der Waals surface area contributed by atoms with Crippen LogP contribution in [0.5, 0.6) is 5.75 Å². The summed E-state index contributed by atoms with van der Waals surface area (Å²) < 4.78 is 5.71. The standard InChI is InChI=1S/C18H29NO2/c1-14(2)21-17-6-4-5-16(11-17)12-19-13-18(20)9-7-15(3)8-10-18/h4-6,11,14-15,19-20H,7-10,12-13H2,1-3H3. The molecule has 0 spiro atoms. The molecule has 1 saturated carbocycles. The highest BCUT2D eigenvalue weighted by Crippen LogP contribution is 2.31. The van der Waals surface area contributed by atoms with E-state index >= 15 is 0 Å². The molecule has 21 heavy (non-hydrogen) atoms. The molecular weight excluding hydrogens is 262 g/mol. The van der Waals surface area contributed by atoms with Gasteiger partial charge in [-0.2, -0.15) is 0 Å². The summed E-state index contributed by atoms with van der Waals surface area (Å²) in [5.41, 5.74) is 0.680. The van der Waals surface area contributed by atoms with Crippen molar-refractivity contribution in [3.63, 3.8) is 0 Å². The van der Waals surface area contributed by atoms with Crippen molar-refractivity contribution in [3.05, 3.63) is 29.8 Å². The molecule has 1 aliphatic rings. The third-order valence-electron chi connectivity index (χ3n) is 4.26. The maximum Gasteiger partial charge on any atom is 0.120 e. The lowest BCUT2D eigenvalue weighted by Gasteiger charge is -2.35. The molecule has 0 bridgehead atoms. The molecule has 0 aromatic heterocycles. The summed E-state index contributed by atoms with van der Waals surface area (Å²) in [6, 6.07) is 8.17. The third-order valence-corrected chi connectivity index (χ3v) is 4.26. The summed E-state index contributed by atoms with van der Waals surface area (Å²) in [5, 5.41) is 14.0. The average Bonchev–Trinajstić information content (AvgIpc) is 2.42. The van der Waals surface area contributed by atoms with Crippen molar-refractivity contribution >= 4 is 0 Å². The van der Waals surface area contributed by atoms with Gasteiger partial charge in [-0.15, -0.1) is 0 Å². The van der Waals surface area contributed by atoms with Gasteiger partial charge in [0.1, 0.15) is 5.75 Å². The number of ether oxygens (including phenoxy) is 1. The van der Waals surface area contributed by atoms with Crippen molar-refractivity contribution in [2.75, 3.05) is 6.54 Å². The van der Waals surface area contributed by atoms with Gasteiger partial charge in [0.25, 0.3) is 0 Å².